The van der Waals surface area contributed by atoms with Crippen LogP contribution < -0.4 is 20.5 Å². The number of nitrogens with two attached hydrogens (primary N) is 1. The number of carbonyl (C=O) groups excluding carboxylic acids is 1. The summed E-state index contributed by atoms with van der Waals surface area (Å²) in [5.41, 5.74) is 7.19. The fourth-order valence-corrected chi connectivity index (χ4v) is 5.17. The molecular weight excluding hydrogens is 469 g/mol. The first-order chi connectivity index (χ1) is 15.4. The molecule has 0 saturated heterocycles. The molecule has 0 amide bonds. The predicted octanol–water partition coefficient (Wildman–Crippen LogP) is 2.82. The van der Waals surface area contributed by atoms with E-state index in [0.29, 0.717) is 30.4 Å². The Morgan fingerprint density at radius 2 is 1.84 bits per heavy atom. The maximum atomic E-state index is 13.3. The largest absolute Gasteiger partial charge is 0.466 e. The van der Waals surface area contributed by atoms with Crippen LogP contribution in [-0.2, 0) is 9.53 Å². The van der Waals surface area contributed by atoms with Gasteiger partial charge in [-0.25, -0.2) is 4.79 Å². The van der Waals surface area contributed by atoms with Crippen LogP contribution in [0, 0.1) is 11.3 Å². The molecule has 1 aliphatic heterocycles. The molecule has 0 aliphatic carbocycles. The lowest BCUT2D eigenvalue weighted by Gasteiger charge is -2.25. The highest BCUT2D eigenvalue weighted by Crippen LogP contribution is 2.39. The molecule has 1 aliphatic rings. The van der Waals surface area contributed by atoms with Gasteiger partial charge in [0.2, 0.25) is 0 Å². The van der Waals surface area contributed by atoms with E-state index in [2.05, 4.69) is 6.07 Å². The van der Waals surface area contributed by atoms with Crippen molar-refractivity contribution in [2.24, 2.45) is 5.73 Å². The van der Waals surface area contributed by atoms with Gasteiger partial charge >= 0.3 is 5.97 Å². The van der Waals surface area contributed by atoms with Gasteiger partial charge in [-0.1, -0.05) is 59.6 Å². The van der Waals surface area contributed by atoms with Crippen molar-refractivity contribution < 1.29 is 9.53 Å². The minimum Gasteiger partial charge on any atom is -0.466 e. The summed E-state index contributed by atoms with van der Waals surface area (Å²) in [4.78, 5) is 26.0. The summed E-state index contributed by atoms with van der Waals surface area (Å²) in [5, 5.41) is 10.9. The van der Waals surface area contributed by atoms with Crippen LogP contribution in [0.1, 0.15) is 17.0 Å². The predicted molar refractivity (Wildman–Crippen MR) is 125 cm³/mol. The van der Waals surface area contributed by atoms with Crippen LogP contribution in [0.5, 0.6) is 0 Å². The Kier molecular flexibility index (Phi) is 5.94. The summed E-state index contributed by atoms with van der Waals surface area (Å²) < 4.78 is 6.75. The molecule has 160 valence electrons. The van der Waals surface area contributed by atoms with Crippen LogP contribution in [0.15, 0.2) is 58.9 Å². The summed E-state index contributed by atoms with van der Waals surface area (Å²) >= 11 is 13.7. The number of ether oxygens (including phenoxy) is 1. The third-order valence-corrected chi connectivity index (χ3v) is 6.88. The molecule has 1 unspecified atom stereocenters. The van der Waals surface area contributed by atoms with Crippen molar-refractivity contribution in [2.75, 3.05) is 7.11 Å². The average molecular weight is 484 g/mol. The Bertz CT molecular complexity index is 1510. The molecule has 4 rings (SSSR count). The van der Waals surface area contributed by atoms with Gasteiger partial charge in [0.25, 0.3) is 5.56 Å². The molecule has 0 spiro atoms. The zero-order valence-electron chi connectivity index (χ0n) is 16.6. The fourth-order valence-electron chi connectivity index (χ4n) is 3.62. The molecule has 2 N–H and O–H groups in total. The molecule has 2 heterocycles. The highest BCUT2D eigenvalue weighted by atomic mass is 35.5. The monoisotopic (exact) mass is 483 g/mol. The first kappa shape index (κ1) is 21.9. The number of nitriles is 1. The third-order valence-electron chi connectivity index (χ3n) is 5.08. The molecule has 3 aromatic rings. The SMILES string of the molecule is COC(=O)C1=C(N)n2c(s/c(=C\c3ccccc3Cl)c2=O)=C(C#N)C1c1ccccc1Cl. The summed E-state index contributed by atoms with van der Waals surface area (Å²) in [6, 6.07) is 16.1. The second-order valence-corrected chi connectivity index (χ2v) is 8.69. The Balaban J connectivity index is 2.12. The van der Waals surface area contributed by atoms with Gasteiger partial charge in [0.1, 0.15) is 10.5 Å². The van der Waals surface area contributed by atoms with Crippen molar-refractivity contribution in [3.63, 3.8) is 0 Å². The number of aromatic nitrogens is 1. The Labute approximate surface area is 196 Å². The number of carbonyl (C=O) groups is 1. The number of halogens is 2. The molecular formula is C23H15Cl2N3O3S. The minimum atomic E-state index is -0.882. The van der Waals surface area contributed by atoms with Crippen LogP contribution in [0.2, 0.25) is 10.0 Å². The van der Waals surface area contributed by atoms with Gasteiger partial charge in [-0.15, -0.1) is 11.3 Å². The smallest absolute Gasteiger partial charge is 0.338 e. The summed E-state index contributed by atoms with van der Waals surface area (Å²) in [7, 11) is 1.21. The van der Waals surface area contributed by atoms with E-state index < -0.39 is 17.4 Å². The molecule has 9 heteroatoms. The van der Waals surface area contributed by atoms with Gasteiger partial charge in [0.05, 0.1) is 34.8 Å². The lowest BCUT2D eigenvalue weighted by molar-refractivity contribution is -0.136. The van der Waals surface area contributed by atoms with Crippen LogP contribution in [0.3, 0.4) is 0 Å². The summed E-state index contributed by atoms with van der Waals surface area (Å²) in [6.07, 6.45) is 1.63. The number of hydrogen-bond donors (Lipinski definition) is 1. The Morgan fingerprint density at radius 3 is 2.47 bits per heavy atom. The van der Waals surface area contributed by atoms with Gasteiger partial charge < -0.3 is 10.5 Å². The van der Waals surface area contributed by atoms with Crippen LogP contribution in [0.4, 0.5) is 0 Å². The van der Waals surface area contributed by atoms with Crippen LogP contribution in [0.25, 0.3) is 17.5 Å². The van der Waals surface area contributed by atoms with Crippen molar-refractivity contribution in [3.8, 4) is 6.07 Å². The van der Waals surface area contributed by atoms with E-state index in [9.17, 15) is 14.9 Å². The second-order valence-electron chi connectivity index (χ2n) is 6.85. The molecule has 0 saturated carbocycles. The molecule has 32 heavy (non-hydrogen) atoms. The number of nitrogens with zero attached hydrogens (tertiary/aromatic N) is 2. The quantitative estimate of drug-likeness (QED) is 0.577. The number of rotatable bonds is 3. The van der Waals surface area contributed by atoms with E-state index in [0.717, 1.165) is 11.3 Å². The van der Waals surface area contributed by atoms with Gasteiger partial charge in [0, 0.05) is 10.0 Å². The Hall–Kier alpha value is -3.31. The topological polar surface area (TPSA) is 98.1 Å². The van der Waals surface area contributed by atoms with Crippen LogP contribution in [-0.4, -0.2) is 17.6 Å². The first-order valence-corrected chi connectivity index (χ1v) is 10.9. The van der Waals surface area contributed by atoms with Crippen molar-refractivity contribution in [3.05, 3.63) is 94.8 Å². The van der Waals surface area contributed by atoms with E-state index in [1.54, 1.807) is 54.6 Å². The number of hydrogen-bond acceptors (Lipinski definition) is 6. The van der Waals surface area contributed by atoms with E-state index >= 15 is 0 Å². The number of methoxy groups -OCH3 is 1. The van der Waals surface area contributed by atoms with E-state index in [1.807, 2.05) is 0 Å². The lowest BCUT2D eigenvalue weighted by atomic mass is 9.84. The number of fused-ring (bicyclic) bond motifs is 1. The van der Waals surface area contributed by atoms with Gasteiger partial charge in [-0.2, -0.15) is 5.26 Å². The van der Waals surface area contributed by atoms with Crippen molar-refractivity contribution in [2.45, 2.75) is 5.92 Å². The average Bonchev–Trinajstić information content (AvgIpc) is 3.11. The van der Waals surface area contributed by atoms with Crippen molar-refractivity contribution in [1.29, 1.82) is 5.26 Å². The first-order valence-electron chi connectivity index (χ1n) is 9.34. The van der Waals surface area contributed by atoms with E-state index in [-0.39, 0.29) is 17.0 Å². The highest BCUT2D eigenvalue weighted by molar-refractivity contribution is 7.07. The van der Waals surface area contributed by atoms with Gasteiger partial charge in [-0.3, -0.25) is 9.36 Å². The number of esters is 1. The van der Waals surface area contributed by atoms with Gasteiger partial charge in [-0.05, 0) is 29.3 Å². The highest BCUT2D eigenvalue weighted by Gasteiger charge is 2.37. The van der Waals surface area contributed by atoms with Crippen molar-refractivity contribution in [1.82, 2.24) is 4.57 Å². The molecule has 6 nitrogen and oxygen atoms in total. The number of thiazole rings is 1. The third kappa shape index (κ3) is 3.53. The lowest BCUT2D eigenvalue weighted by Crippen LogP contribution is -2.40. The summed E-state index contributed by atoms with van der Waals surface area (Å²) in [5.74, 6) is -1.73. The molecule has 2 aromatic carbocycles. The van der Waals surface area contributed by atoms with Crippen molar-refractivity contribution >= 4 is 58.0 Å². The zero-order valence-corrected chi connectivity index (χ0v) is 19.0. The molecule has 1 atom stereocenters. The number of benzene rings is 2. The molecule has 0 fully saturated rings. The molecule has 0 bridgehead atoms. The van der Waals surface area contributed by atoms with Gasteiger partial charge in [0.15, 0.2) is 0 Å². The molecule has 0 radical (unpaired) electrons. The maximum absolute atomic E-state index is 13.3. The zero-order chi connectivity index (χ0) is 23.0. The van der Waals surface area contributed by atoms with Crippen LogP contribution >= 0.6 is 34.5 Å². The summed E-state index contributed by atoms with van der Waals surface area (Å²) in [6.45, 7) is 0. The van der Waals surface area contributed by atoms with E-state index in [1.165, 1.54) is 11.7 Å². The molecule has 1 aromatic heterocycles. The second kappa shape index (κ2) is 8.67. The Morgan fingerprint density at radius 1 is 1.19 bits per heavy atom. The minimum absolute atomic E-state index is 0.0196. The standard InChI is InChI=1S/C23H15Cl2N3O3S/c1-31-23(30)19-18(13-7-3-5-9-16(13)25)14(11-26)22-28(20(19)27)21(29)17(32-22)10-12-6-2-4-8-15(12)24/h2-10,18H,27H2,1H3/b17-10-. The normalized spacial score (nSPS) is 16.0. The maximum Gasteiger partial charge on any atom is 0.338 e. The van der Waals surface area contributed by atoms with E-state index in [4.69, 9.17) is 33.7 Å². The fraction of sp³-hybridized carbons (Fsp3) is 0.0870.